The second-order valence-electron chi connectivity index (χ2n) is 17.2. The first-order chi connectivity index (χ1) is 31.1. The third-order valence-electron chi connectivity index (χ3n) is 13.4. The Labute approximate surface area is 373 Å². The van der Waals surface area contributed by atoms with Gasteiger partial charge in [0.1, 0.15) is 35.3 Å². The molecule has 5 aromatic rings. The summed E-state index contributed by atoms with van der Waals surface area (Å²) in [4.78, 5) is 97.6. The Kier molecular flexibility index (Phi) is 11.1. The van der Waals surface area contributed by atoms with Crippen LogP contribution in [0.4, 0.5) is 11.5 Å². The minimum atomic E-state index is -0.990. The maximum Gasteiger partial charge on any atom is 0.262 e. The zero-order valence-corrected chi connectivity index (χ0v) is 35.7. The second kappa shape index (κ2) is 17.1. The lowest BCUT2D eigenvalue weighted by Crippen LogP contribution is -2.54. The molecular formula is C47H46ClN9O7. The van der Waals surface area contributed by atoms with Gasteiger partial charge in [-0.1, -0.05) is 29.8 Å². The Bertz CT molecular complexity index is 2690. The van der Waals surface area contributed by atoms with Crippen LogP contribution in [0, 0.1) is 5.92 Å². The summed E-state index contributed by atoms with van der Waals surface area (Å²) in [5.41, 5.74) is 2.69. The fourth-order valence-electron chi connectivity index (χ4n) is 9.77. The van der Waals surface area contributed by atoms with Crippen LogP contribution in [0.5, 0.6) is 11.5 Å². The van der Waals surface area contributed by atoms with Crippen LogP contribution >= 0.6 is 11.6 Å². The van der Waals surface area contributed by atoms with Crippen molar-refractivity contribution >= 4 is 69.5 Å². The van der Waals surface area contributed by atoms with Crippen LogP contribution in [0.25, 0.3) is 11.0 Å². The van der Waals surface area contributed by atoms with Crippen molar-refractivity contribution < 1.29 is 33.5 Å². The fraction of sp³-hybridized carbons (Fsp3) is 0.362. The number of likely N-dealkylation sites (tertiary alicyclic amines) is 1. The van der Waals surface area contributed by atoms with Gasteiger partial charge in [-0.25, -0.2) is 9.97 Å². The number of piperidine rings is 2. The van der Waals surface area contributed by atoms with E-state index < -0.39 is 29.7 Å². The number of halogens is 1. The zero-order chi connectivity index (χ0) is 44.1. The molecule has 1 atom stereocenters. The molecule has 5 aliphatic rings. The smallest absolute Gasteiger partial charge is 0.262 e. The number of aromatic nitrogens is 3. The molecule has 10 rings (SSSR count). The maximum atomic E-state index is 13.9. The molecule has 3 saturated heterocycles. The van der Waals surface area contributed by atoms with Crippen LogP contribution in [0.1, 0.15) is 81.6 Å². The van der Waals surface area contributed by atoms with Gasteiger partial charge in [-0.2, -0.15) is 0 Å². The quantitative estimate of drug-likeness (QED) is 0.113. The van der Waals surface area contributed by atoms with E-state index in [9.17, 15) is 28.8 Å². The molecule has 1 unspecified atom stereocenters. The number of hydrogen-bond acceptors (Lipinski definition) is 12. The molecule has 64 heavy (non-hydrogen) atoms. The SMILES string of the molecule is O=C1CCC(N2C(=O)c3ccc(N4CCN(C5CC(CC(=O)N6CCC(Nc7ncnc8[nH]cc(C(=O)c9ccc(Oc%10ccccc%10)cc9Cl)c78)CC6)C5)CC4)cc3C2=O)C(=O)N1. The summed E-state index contributed by atoms with van der Waals surface area (Å²) in [6.45, 7) is 4.48. The van der Waals surface area contributed by atoms with Crippen LogP contribution in [-0.2, 0) is 14.4 Å². The number of piperazine rings is 1. The number of ether oxygens (including phenoxy) is 1. The highest BCUT2D eigenvalue weighted by Crippen LogP contribution is 2.37. The second-order valence-corrected chi connectivity index (χ2v) is 17.6. The van der Waals surface area contributed by atoms with Crippen LogP contribution in [0.15, 0.2) is 79.3 Å². The van der Waals surface area contributed by atoms with Gasteiger partial charge in [0.2, 0.25) is 17.7 Å². The summed E-state index contributed by atoms with van der Waals surface area (Å²) in [6.07, 6.45) is 7.28. The third kappa shape index (κ3) is 7.96. The summed E-state index contributed by atoms with van der Waals surface area (Å²) < 4.78 is 5.89. The number of rotatable bonds is 11. The highest BCUT2D eigenvalue weighted by Gasteiger charge is 2.45. The summed E-state index contributed by atoms with van der Waals surface area (Å²) in [5, 5.41) is 6.63. The minimum absolute atomic E-state index is 0.0528. The van der Waals surface area contributed by atoms with Crippen LogP contribution < -0.4 is 20.3 Å². The zero-order valence-electron chi connectivity index (χ0n) is 34.9. The van der Waals surface area contributed by atoms with E-state index in [-0.39, 0.29) is 46.7 Å². The summed E-state index contributed by atoms with van der Waals surface area (Å²) >= 11 is 6.63. The van der Waals surface area contributed by atoms with Crippen LogP contribution in [-0.4, -0.2) is 122 Å². The molecular weight excluding hydrogens is 838 g/mol. The molecule has 0 spiro atoms. The summed E-state index contributed by atoms with van der Waals surface area (Å²) in [5.74, 6) is -0.0311. The Balaban J connectivity index is 0.682. The molecule has 0 bridgehead atoms. The normalized spacial score (nSPS) is 21.8. The molecule has 17 heteroatoms. The van der Waals surface area contributed by atoms with E-state index in [1.807, 2.05) is 41.3 Å². The molecule has 4 aliphatic heterocycles. The molecule has 3 aromatic carbocycles. The predicted molar refractivity (Wildman–Crippen MR) is 237 cm³/mol. The van der Waals surface area contributed by atoms with Crippen molar-refractivity contribution in [1.29, 1.82) is 0 Å². The summed E-state index contributed by atoms with van der Waals surface area (Å²) in [6, 6.07) is 19.1. The van der Waals surface area contributed by atoms with Gasteiger partial charge in [-0.3, -0.25) is 43.9 Å². The van der Waals surface area contributed by atoms with Gasteiger partial charge in [0.15, 0.2) is 5.78 Å². The van der Waals surface area contributed by atoms with Gasteiger partial charge in [-0.05, 0) is 80.5 Å². The number of aromatic amines is 1. The number of amides is 5. The number of H-pyrrole nitrogens is 1. The Morgan fingerprint density at radius 1 is 0.812 bits per heavy atom. The number of nitrogens with one attached hydrogen (secondary N) is 3. The van der Waals surface area contributed by atoms with Crippen molar-refractivity contribution in [3.8, 4) is 11.5 Å². The number of fused-ring (bicyclic) bond motifs is 2. The highest BCUT2D eigenvalue weighted by molar-refractivity contribution is 6.36. The molecule has 5 amide bonds. The van der Waals surface area contributed by atoms with E-state index in [4.69, 9.17) is 16.3 Å². The van der Waals surface area contributed by atoms with Gasteiger partial charge in [0, 0.05) is 87.7 Å². The molecule has 328 valence electrons. The molecule has 1 saturated carbocycles. The van der Waals surface area contributed by atoms with Crippen molar-refractivity contribution in [2.45, 2.75) is 63.1 Å². The molecule has 4 fully saturated rings. The molecule has 3 N–H and O–H groups in total. The first-order valence-electron chi connectivity index (χ1n) is 21.9. The lowest BCUT2D eigenvalue weighted by atomic mass is 9.76. The summed E-state index contributed by atoms with van der Waals surface area (Å²) in [7, 11) is 0. The number of imide groups is 2. The lowest BCUT2D eigenvalue weighted by Gasteiger charge is -2.47. The largest absolute Gasteiger partial charge is 0.457 e. The third-order valence-corrected chi connectivity index (χ3v) is 13.7. The molecule has 16 nitrogen and oxygen atoms in total. The van der Waals surface area contributed by atoms with E-state index in [1.54, 1.807) is 36.5 Å². The van der Waals surface area contributed by atoms with Crippen LogP contribution in [0.2, 0.25) is 5.02 Å². The Morgan fingerprint density at radius 3 is 2.33 bits per heavy atom. The fourth-order valence-corrected chi connectivity index (χ4v) is 10.0. The highest BCUT2D eigenvalue weighted by atomic mass is 35.5. The first-order valence-corrected chi connectivity index (χ1v) is 22.2. The monoisotopic (exact) mass is 883 g/mol. The van der Waals surface area contributed by atoms with E-state index >= 15 is 0 Å². The van der Waals surface area contributed by atoms with Crippen molar-refractivity contribution in [3.63, 3.8) is 0 Å². The Morgan fingerprint density at radius 2 is 1.58 bits per heavy atom. The number of carbonyl (C=O) groups excluding carboxylic acids is 6. The molecule has 1 aliphatic carbocycles. The van der Waals surface area contributed by atoms with Crippen molar-refractivity contribution in [2.75, 3.05) is 49.5 Å². The number of carbonyl (C=O) groups is 6. The number of nitrogens with zero attached hydrogens (tertiary/aromatic N) is 6. The van der Waals surface area contributed by atoms with Crippen molar-refractivity contribution in [1.82, 2.24) is 35.0 Å². The number of anilines is 2. The number of para-hydroxylation sites is 1. The average Bonchev–Trinajstić information content (AvgIpc) is 3.83. The van der Waals surface area contributed by atoms with Crippen molar-refractivity contribution in [3.05, 3.63) is 107 Å². The van der Waals surface area contributed by atoms with Crippen LogP contribution in [0.3, 0.4) is 0 Å². The standard InChI is InChI=1S/C47H46ClN9O7/c48-37-24-32(64-31-4-2-1-3-5-31)7-9-34(37)42(60)36-25-49-43-41(36)44(51-26-50-43)52-28-12-14-56(15-13-28)40(59)22-27-20-30(21-27)55-18-16-54(17-19-55)29-6-8-33-35(23-29)47(63)57(46(33)62)38-10-11-39(58)53-45(38)61/h1-9,23-28,30,38H,10-22H2,(H,53,58,61)(H2,49,50,51,52). The van der Waals surface area contributed by atoms with E-state index in [2.05, 4.69) is 35.4 Å². The molecule has 0 radical (unpaired) electrons. The van der Waals surface area contributed by atoms with Gasteiger partial charge in [0.05, 0.1) is 27.1 Å². The number of ketones is 1. The first kappa shape index (κ1) is 41.4. The van der Waals surface area contributed by atoms with Gasteiger partial charge in [-0.15, -0.1) is 0 Å². The minimum Gasteiger partial charge on any atom is -0.457 e. The topological polar surface area (TPSA) is 190 Å². The van der Waals surface area contributed by atoms with E-state index in [0.29, 0.717) is 70.9 Å². The van der Waals surface area contributed by atoms with E-state index in [1.165, 1.54) is 6.33 Å². The average molecular weight is 884 g/mol. The molecule has 2 aromatic heterocycles. The van der Waals surface area contributed by atoms with Gasteiger partial charge >= 0.3 is 0 Å². The lowest BCUT2D eigenvalue weighted by molar-refractivity contribution is -0.136. The predicted octanol–water partition coefficient (Wildman–Crippen LogP) is 5.43. The Hall–Kier alpha value is -6.65. The van der Waals surface area contributed by atoms with E-state index in [0.717, 1.165) is 62.4 Å². The molecule has 6 heterocycles. The number of hydrogen-bond donors (Lipinski definition) is 3. The van der Waals surface area contributed by atoms with Gasteiger partial charge < -0.3 is 24.8 Å². The van der Waals surface area contributed by atoms with Crippen molar-refractivity contribution in [2.24, 2.45) is 5.92 Å². The van der Waals surface area contributed by atoms with Gasteiger partial charge in [0.25, 0.3) is 11.8 Å². The maximum absolute atomic E-state index is 13.9. The number of benzene rings is 3.